The molecule has 19 heavy (non-hydrogen) atoms. The number of halogens is 1. The van der Waals surface area contributed by atoms with E-state index in [0.29, 0.717) is 23.2 Å². The summed E-state index contributed by atoms with van der Waals surface area (Å²) in [6.45, 7) is 2.08. The van der Waals surface area contributed by atoms with Crippen LogP contribution in [0.25, 0.3) is 10.9 Å². The Bertz CT molecular complexity index is 681. The number of fused-ring (bicyclic) bond motifs is 2. The Labute approximate surface area is 110 Å². The molecule has 3 rings (SSSR count). The Morgan fingerprint density at radius 1 is 1.47 bits per heavy atom. The standard InChI is InChI=1S/C15H14FNO2/c1-8-2-4-12-10(6-8)14(15(18)19)11-7-9(16)3-5-13(11)17-12/h3,5,7-8H,2,4,6H2,1H3,(H,18,19)/p-1/t8-/m0/s1. The van der Waals surface area contributed by atoms with Crippen LogP contribution in [0, 0.1) is 11.7 Å². The summed E-state index contributed by atoms with van der Waals surface area (Å²) in [6, 6.07) is 4.05. The van der Waals surface area contributed by atoms with Crippen molar-refractivity contribution in [3.05, 3.63) is 40.8 Å². The number of benzene rings is 1. The number of aromatic carboxylic acids is 1. The molecule has 3 nitrogen and oxygen atoms in total. The molecule has 0 N–H and O–H groups in total. The first-order chi connectivity index (χ1) is 9.06. The van der Waals surface area contributed by atoms with Crippen LogP contribution in [0.5, 0.6) is 0 Å². The molecule has 0 bridgehead atoms. The normalized spacial score (nSPS) is 18.3. The molecule has 98 valence electrons. The number of carbonyl (C=O) groups excluding carboxylic acids is 1. The minimum absolute atomic E-state index is 0.117. The summed E-state index contributed by atoms with van der Waals surface area (Å²) < 4.78 is 13.3. The Balaban J connectivity index is 2.37. The molecule has 4 heteroatoms. The van der Waals surface area contributed by atoms with Gasteiger partial charge >= 0.3 is 0 Å². The molecule has 1 atom stereocenters. The minimum Gasteiger partial charge on any atom is -0.545 e. The van der Waals surface area contributed by atoms with Gasteiger partial charge in [0.1, 0.15) is 5.82 Å². The van der Waals surface area contributed by atoms with Crippen LogP contribution in [0.1, 0.15) is 35.0 Å². The second-order valence-corrected chi connectivity index (χ2v) is 5.21. The summed E-state index contributed by atoms with van der Waals surface area (Å²) in [5.74, 6) is -1.29. The number of hydrogen-bond acceptors (Lipinski definition) is 3. The second-order valence-electron chi connectivity index (χ2n) is 5.21. The first kappa shape index (κ1) is 12.1. The molecule has 0 saturated carbocycles. The van der Waals surface area contributed by atoms with Gasteiger partial charge in [-0.25, -0.2) is 4.39 Å². The maximum Gasteiger partial charge on any atom is 0.123 e. The summed E-state index contributed by atoms with van der Waals surface area (Å²) in [5.41, 5.74) is 2.17. The number of aryl methyl sites for hydroxylation is 1. The van der Waals surface area contributed by atoms with Gasteiger partial charge in [-0.1, -0.05) is 6.92 Å². The van der Waals surface area contributed by atoms with Gasteiger partial charge in [-0.15, -0.1) is 0 Å². The van der Waals surface area contributed by atoms with E-state index < -0.39 is 11.8 Å². The van der Waals surface area contributed by atoms with Gasteiger partial charge in [-0.3, -0.25) is 4.98 Å². The number of aromatic nitrogens is 1. The average molecular weight is 258 g/mol. The summed E-state index contributed by atoms with van der Waals surface area (Å²) in [7, 11) is 0. The summed E-state index contributed by atoms with van der Waals surface area (Å²) in [4.78, 5) is 15.9. The van der Waals surface area contributed by atoms with Gasteiger partial charge in [0.15, 0.2) is 0 Å². The number of carboxylic acid groups (broad SMARTS) is 1. The van der Waals surface area contributed by atoms with Crippen LogP contribution >= 0.6 is 0 Å². The zero-order valence-electron chi connectivity index (χ0n) is 10.6. The molecule has 1 aliphatic carbocycles. The fourth-order valence-electron chi connectivity index (χ4n) is 2.82. The Morgan fingerprint density at radius 2 is 2.26 bits per heavy atom. The average Bonchev–Trinajstić information content (AvgIpc) is 2.35. The molecule has 0 unspecified atom stereocenters. The molecule has 0 fully saturated rings. The van der Waals surface area contributed by atoms with Gasteiger partial charge in [0.2, 0.25) is 0 Å². The van der Waals surface area contributed by atoms with Gasteiger partial charge in [0.05, 0.1) is 11.5 Å². The predicted octanol–water partition coefficient (Wildman–Crippen LogP) is 1.86. The quantitative estimate of drug-likeness (QED) is 0.784. The molecule has 0 radical (unpaired) electrons. The lowest BCUT2D eigenvalue weighted by Crippen LogP contribution is -2.27. The molecule has 0 spiro atoms. The fourth-order valence-corrected chi connectivity index (χ4v) is 2.82. The van der Waals surface area contributed by atoms with E-state index in [4.69, 9.17) is 0 Å². The van der Waals surface area contributed by atoms with Crippen molar-refractivity contribution in [1.82, 2.24) is 4.98 Å². The van der Waals surface area contributed by atoms with Gasteiger partial charge in [-0.2, -0.15) is 0 Å². The van der Waals surface area contributed by atoms with Crippen LogP contribution in [-0.4, -0.2) is 11.0 Å². The van der Waals surface area contributed by atoms with Gasteiger partial charge in [-0.05, 0) is 48.9 Å². The maximum absolute atomic E-state index is 13.3. The van der Waals surface area contributed by atoms with E-state index in [-0.39, 0.29) is 5.56 Å². The van der Waals surface area contributed by atoms with Crippen molar-refractivity contribution in [3.8, 4) is 0 Å². The fraction of sp³-hybridized carbons (Fsp3) is 0.333. The van der Waals surface area contributed by atoms with Crippen molar-refractivity contribution in [3.63, 3.8) is 0 Å². The van der Waals surface area contributed by atoms with Crippen molar-refractivity contribution in [2.24, 2.45) is 5.92 Å². The largest absolute Gasteiger partial charge is 0.545 e. The summed E-state index contributed by atoms with van der Waals surface area (Å²) in [6.07, 6.45) is 2.43. The SMILES string of the molecule is C[C@H]1CCc2nc3ccc(F)cc3c(C(=O)[O-])c2C1. The van der Waals surface area contributed by atoms with Crippen molar-refractivity contribution in [2.75, 3.05) is 0 Å². The van der Waals surface area contributed by atoms with E-state index in [0.717, 1.165) is 24.1 Å². The molecule has 0 saturated heterocycles. The van der Waals surface area contributed by atoms with Crippen molar-refractivity contribution < 1.29 is 14.3 Å². The summed E-state index contributed by atoms with van der Waals surface area (Å²) >= 11 is 0. The lowest BCUT2D eigenvalue weighted by atomic mass is 9.84. The Morgan fingerprint density at radius 3 is 3.00 bits per heavy atom. The molecular formula is C15H13FNO2-. The number of carbonyl (C=O) groups is 1. The zero-order valence-corrected chi connectivity index (χ0v) is 10.6. The first-order valence-electron chi connectivity index (χ1n) is 6.38. The van der Waals surface area contributed by atoms with Crippen LogP contribution in [-0.2, 0) is 12.8 Å². The van der Waals surface area contributed by atoms with Crippen molar-refractivity contribution in [1.29, 1.82) is 0 Å². The molecule has 0 amide bonds. The van der Waals surface area contributed by atoms with E-state index in [1.54, 1.807) is 0 Å². The summed E-state index contributed by atoms with van der Waals surface area (Å²) in [5, 5.41) is 11.8. The second kappa shape index (κ2) is 4.30. The highest BCUT2D eigenvalue weighted by molar-refractivity contribution is 6.03. The molecule has 2 aromatic rings. The first-order valence-corrected chi connectivity index (χ1v) is 6.38. The smallest absolute Gasteiger partial charge is 0.123 e. The van der Waals surface area contributed by atoms with E-state index in [9.17, 15) is 14.3 Å². The molecule has 1 aromatic heterocycles. The Hall–Kier alpha value is -1.97. The third-order valence-electron chi connectivity index (χ3n) is 3.76. The topological polar surface area (TPSA) is 53.0 Å². The Kier molecular flexibility index (Phi) is 2.73. The minimum atomic E-state index is -1.25. The molecule has 0 aliphatic heterocycles. The molecule has 1 aromatic carbocycles. The number of hydrogen-bond donors (Lipinski definition) is 0. The lowest BCUT2D eigenvalue weighted by Gasteiger charge is -2.25. The van der Waals surface area contributed by atoms with Crippen LogP contribution in [0.3, 0.4) is 0 Å². The molecule has 1 heterocycles. The van der Waals surface area contributed by atoms with Gasteiger partial charge in [0.25, 0.3) is 0 Å². The van der Waals surface area contributed by atoms with Crippen molar-refractivity contribution in [2.45, 2.75) is 26.2 Å². The van der Waals surface area contributed by atoms with Crippen LogP contribution < -0.4 is 5.11 Å². The zero-order chi connectivity index (χ0) is 13.6. The van der Waals surface area contributed by atoms with E-state index in [1.807, 2.05) is 0 Å². The van der Waals surface area contributed by atoms with Gasteiger partial charge in [0, 0.05) is 16.6 Å². The number of nitrogens with zero attached hydrogens (tertiary/aromatic N) is 1. The molecule has 1 aliphatic rings. The molecular weight excluding hydrogens is 245 g/mol. The van der Waals surface area contributed by atoms with Gasteiger partial charge < -0.3 is 9.90 Å². The predicted molar refractivity (Wildman–Crippen MR) is 67.2 cm³/mol. The van der Waals surface area contributed by atoms with E-state index in [1.165, 1.54) is 18.2 Å². The maximum atomic E-state index is 13.3. The highest BCUT2D eigenvalue weighted by Crippen LogP contribution is 2.31. The number of rotatable bonds is 1. The number of carboxylic acids is 1. The van der Waals surface area contributed by atoms with E-state index in [2.05, 4.69) is 11.9 Å². The van der Waals surface area contributed by atoms with E-state index >= 15 is 0 Å². The lowest BCUT2D eigenvalue weighted by molar-refractivity contribution is -0.254. The van der Waals surface area contributed by atoms with Crippen molar-refractivity contribution >= 4 is 16.9 Å². The third kappa shape index (κ3) is 1.97. The van der Waals surface area contributed by atoms with Crippen LogP contribution in [0.2, 0.25) is 0 Å². The van der Waals surface area contributed by atoms with Crippen LogP contribution in [0.15, 0.2) is 18.2 Å². The number of pyridine rings is 1. The highest BCUT2D eigenvalue weighted by atomic mass is 19.1. The highest BCUT2D eigenvalue weighted by Gasteiger charge is 2.22. The monoisotopic (exact) mass is 258 g/mol. The third-order valence-corrected chi connectivity index (χ3v) is 3.76. The van der Waals surface area contributed by atoms with Crippen LogP contribution in [0.4, 0.5) is 4.39 Å².